The molecular formula is C31H56O3Si4. The lowest BCUT2D eigenvalue weighted by atomic mass is 9.94. The van der Waals surface area contributed by atoms with E-state index in [1.807, 2.05) is 0 Å². The van der Waals surface area contributed by atoms with Gasteiger partial charge >= 0.3 is 0 Å². The van der Waals surface area contributed by atoms with Gasteiger partial charge in [-0.1, -0.05) is 101 Å². The molecule has 0 amide bonds. The van der Waals surface area contributed by atoms with Gasteiger partial charge in [0.05, 0.1) is 19.6 Å². The Morgan fingerprint density at radius 1 is 0.711 bits per heavy atom. The number of benzene rings is 2. The van der Waals surface area contributed by atoms with Gasteiger partial charge in [0.25, 0.3) is 8.32 Å². The Hall–Kier alpha value is -0.812. The van der Waals surface area contributed by atoms with Crippen molar-refractivity contribution in [1.82, 2.24) is 0 Å². The summed E-state index contributed by atoms with van der Waals surface area (Å²) < 4.78 is 21.9. The van der Waals surface area contributed by atoms with Gasteiger partial charge in [-0.2, -0.15) is 0 Å². The summed E-state index contributed by atoms with van der Waals surface area (Å²) in [4.78, 5) is 0. The smallest absolute Gasteiger partial charge is 0.261 e. The summed E-state index contributed by atoms with van der Waals surface area (Å²) in [6.07, 6.45) is 2.91. The van der Waals surface area contributed by atoms with Crippen LogP contribution in [0.2, 0.25) is 38.3 Å². The molecule has 0 aliphatic carbocycles. The van der Waals surface area contributed by atoms with E-state index in [4.69, 9.17) is 13.3 Å². The van der Waals surface area contributed by atoms with Crippen molar-refractivity contribution in [3.63, 3.8) is 0 Å². The first-order valence-corrected chi connectivity index (χ1v) is 24.8. The standard InChI is InChI=1S/C31H56O3Si4/c1-13-30(7,32-36(10)11)37(12)33-31(14-2,15-3)26(4)38(27-22-18-16-19-23-27,28-24-20-17-21-25-28)34-29(5,6)35(8)9/h16-26,35-37H,13-15H2,1-12H3. The van der Waals surface area contributed by atoms with Gasteiger partial charge in [0, 0.05) is 10.8 Å². The van der Waals surface area contributed by atoms with E-state index in [1.54, 1.807) is 0 Å². The first kappa shape index (κ1) is 33.4. The minimum atomic E-state index is -2.80. The monoisotopic (exact) mass is 588 g/mol. The maximum atomic E-state index is 7.70. The van der Waals surface area contributed by atoms with Crippen molar-refractivity contribution in [2.24, 2.45) is 0 Å². The second kappa shape index (κ2) is 13.7. The quantitative estimate of drug-likeness (QED) is 0.220. The predicted octanol–water partition coefficient (Wildman–Crippen LogP) is 6.59. The Morgan fingerprint density at radius 3 is 1.50 bits per heavy atom. The molecule has 0 radical (unpaired) electrons. The zero-order valence-corrected chi connectivity index (χ0v) is 30.9. The van der Waals surface area contributed by atoms with Crippen LogP contribution in [0.4, 0.5) is 0 Å². The van der Waals surface area contributed by atoms with Crippen LogP contribution >= 0.6 is 0 Å². The molecule has 3 unspecified atom stereocenters. The van der Waals surface area contributed by atoms with Crippen molar-refractivity contribution in [3.8, 4) is 0 Å². The SMILES string of the molecule is CCC(CC)(O[SiH](C)C(C)(CC)O[SiH](C)C)C(C)[Si](OC(C)(C)[SiH](C)C)(c1ccccc1)c1ccccc1. The Balaban J connectivity index is 2.82. The molecule has 0 aliphatic heterocycles. The molecule has 0 saturated carbocycles. The summed E-state index contributed by atoms with van der Waals surface area (Å²) >= 11 is 0. The normalized spacial score (nSPS) is 16.5. The number of hydrogen-bond acceptors (Lipinski definition) is 3. The highest BCUT2D eigenvalue weighted by Crippen LogP contribution is 2.44. The molecule has 0 N–H and O–H groups in total. The summed E-state index contributed by atoms with van der Waals surface area (Å²) in [5.74, 6) is 0. The molecule has 0 aromatic heterocycles. The van der Waals surface area contributed by atoms with Crippen LogP contribution in [0.1, 0.15) is 67.7 Å². The second-order valence-corrected chi connectivity index (χ2v) is 24.9. The molecule has 0 saturated heterocycles. The lowest BCUT2D eigenvalue weighted by Gasteiger charge is -2.53. The highest BCUT2D eigenvalue weighted by Gasteiger charge is 2.57. The van der Waals surface area contributed by atoms with Gasteiger partial charge in [0.1, 0.15) is 0 Å². The second-order valence-electron chi connectivity index (χ2n) is 12.4. The molecule has 2 aromatic carbocycles. The zero-order chi connectivity index (χ0) is 28.8. The summed E-state index contributed by atoms with van der Waals surface area (Å²) in [6.45, 7) is 28.1. The summed E-state index contributed by atoms with van der Waals surface area (Å²) in [6, 6.07) is 22.2. The lowest BCUT2D eigenvalue weighted by Crippen LogP contribution is -2.71. The molecule has 7 heteroatoms. The van der Waals surface area contributed by atoms with Gasteiger partial charge in [0.2, 0.25) is 9.04 Å². The van der Waals surface area contributed by atoms with Gasteiger partial charge < -0.3 is 13.3 Å². The first-order chi connectivity index (χ1) is 17.7. The van der Waals surface area contributed by atoms with E-state index in [2.05, 4.69) is 142 Å². The van der Waals surface area contributed by atoms with Crippen molar-refractivity contribution in [2.75, 3.05) is 0 Å². The number of hydrogen-bond donors (Lipinski definition) is 0. The van der Waals surface area contributed by atoms with Gasteiger partial charge in [-0.25, -0.2) is 0 Å². The van der Waals surface area contributed by atoms with E-state index in [-0.39, 0.29) is 21.6 Å². The van der Waals surface area contributed by atoms with Gasteiger partial charge in [-0.3, -0.25) is 0 Å². The van der Waals surface area contributed by atoms with Gasteiger partial charge in [-0.05, 0) is 70.0 Å². The van der Waals surface area contributed by atoms with E-state index < -0.39 is 35.2 Å². The highest BCUT2D eigenvalue weighted by atomic mass is 28.4. The van der Waals surface area contributed by atoms with Crippen LogP contribution in [0.5, 0.6) is 0 Å². The molecule has 0 bridgehead atoms. The molecule has 0 heterocycles. The van der Waals surface area contributed by atoms with Crippen molar-refractivity contribution in [2.45, 2.75) is 122 Å². The highest BCUT2D eigenvalue weighted by molar-refractivity contribution is 6.99. The third-order valence-corrected chi connectivity index (χ3v) is 21.8. The average Bonchev–Trinajstić information content (AvgIpc) is 2.90. The third-order valence-electron chi connectivity index (χ3n) is 9.29. The van der Waals surface area contributed by atoms with E-state index in [0.29, 0.717) is 0 Å². The third kappa shape index (κ3) is 7.09. The Labute approximate surface area is 240 Å². The van der Waals surface area contributed by atoms with Crippen LogP contribution in [0, 0.1) is 0 Å². The van der Waals surface area contributed by atoms with Gasteiger partial charge in [0.15, 0.2) is 9.04 Å². The van der Waals surface area contributed by atoms with Crippen molar-refractivity contribution >= 4 is 45.6 Å². The van der Waals surface area contributed by atoms with E-state index >= 15 is 0 Å². The molecule has 0 aliphatic rings. The van der Waals surface area contributed by atoms with Crippen molar-refractivity contribution in [3.05, 3.63) is 60.7 Å². The van der Waals surface area contributed by atoms with E-state index in [9.17, 15) is 0 Å². The average molecular weight is 589 g/mol. The van der Waals surface area contributed by atoms with E-state index in [1.165, 1.54) is 10.4 Å². The summed E-state index contributed by atoms with van der Waals surface area (Å²) in [5.41, 5.74) is -0.0922. The molecule has 3 nitrogen and oxygen atoms in total. The molecule has 3 atom stereocenters. The Kier molecular flexibility index (Phi) is 12.0. The van der Waals surface area contributed by atoms with Crippen molar-refractivity contribution < 1.29 is 13.3 Å². The van der Waals surface area contributed by atoms with E-state index in [0.717, 1.165) is 19.3 Å². The topological polar surface area (TPSA) is 27.7 Å². The largest absolute Gasteiger partial charge is 0.416 e. The minimum Gasteiger partial charge on any atom is -0.416 e. The molecular weight excluding hydrogens is 533 g/mol. The fourth-order valence-corrected chi connectivity index (χ4v) is 17.5. The van der Waals surface area contributed by atoms with Crippen LogP contribution in [-0.2, 0) is 13.3 Å². The van der Waals surface area contributed by atoms with Crippen LogP contribution in [0.3, 0.4) is 0 Å². The summed E-state index contributed by atoms with van der Waals surface area (Å²) in [7, 11) is -6.90. The molecule has 0 spiro atoms. The summed E-state index contributed by atoms with van der Waals surface area (Å²) in [5, 5.41) is 2.36. The Morgan fingerprint density at radius 2 is 1.16 bits per heavy atom. The number of rotatable bonds is 15. The molecule has 38 heavy (non-hydrogen) atoms. The lowest BCUT2D eigenvalue weighted by molar-refractivity contribution is 0.0202. The molecule has 2 rings (SSSR count). The fourth-order valence-electron chi connectivity index (χ4n) is 5.76. The predicted molar refractivity (Wildman–Crippen MR) is 177 cm³/mol. The van der Waals surface area contributed by atoms with Crippen LogP contribution < -0.4 is 10.4 Å². The maximum absolute atomic E-state index is 7.70. The van der Waals surface area contributed by atoms with Crippen LogP contribution in [-0.4, -0.2) is 51.2 Å². The van der Waals surface area contributed by atoms with Crippen molar-refractivity contribution in [1.29, 1.82) is 0 Å². The molecule has 2 aromatic rings. The molecule has 214 valence electrons. The first-order valence-electron chi connectivity index (χ1n) is 14.9. The maximum Gasteiger partial charge on any atom is 0.261 e. The van der Waals surface area contributed by atoms with Crippen LogP contribution in [0.25, 0.3) is 0 Å². The van der Waals surface area contributed by atoms with Crippen LogP contribution in [0.15, 0.2) is 60.7 Å². The van der Waals surface area contributed by atoms with Gasteiger partial charge in [-0.15, -0.1) is 0 Å². The Bertz CT molecular complexity index is 924. The zero-order valence-electron chi connectivity index (χ0n) is 26.4. The molecule has 0 fully saturated rings. The minimum absolute atomic E-state index is 0.160. The fraction of sp³-hybridized carbons (Fsp3) is 0.613.